The van der Waals surface area contributed by atoms with Crippen molar-refractivity contribution in [1.29, 1.82) is 0 Å². The summed E-state index contributed by atoms with van der Waals surface area (Å²) in [5.41, 5.74) is 3.08. The van der Waals surface area contributed by atoms with Gasteiger partial charge in [-0.1, -0.05) is 55.0 Å². The third-order valence-corrected chi connectivity index (χ3v) is 7.02. The standard InChI is InChI=1S/C27H28N6O2/c1-29-24-23(25(34)31(27(29)35)18-17-30-15-9-4-10-16-30)32-19-22(20-11-5-2-6-12-20)33(26(32)28-24)21-13-7-3-8-14-21/h2-3,5-8,11-14,19H,4,9-10,15-18H2,1H3. The summed E-state index contributed by atoms with van der Waals surface area (Å²) in [4.78, 5) is 34.0. The normalized spacial score (nSPS) is 14.8. The number of likely N-dealkylation sites (tertiary alicyclic amines) is 1. The number of aromatic nitrogens is 5. The van der Waals surface area contributed by atoms with Gasteiger partial charge in [0.25, 0.3) is 5.56 Å². The SMILES string of the molecule is Cn1c(=O)n(CCN2CCCCC2)c(=O)c2c1nc1n(-c3ccccc3)c(-c3ccccc3)cn21. The van der Waals surface area contributed by atoms with E-state index >= 15 is 0 Å². The van der Waals surface area contributed by atoms with E-state index < -0.39 is 0 Å². The largest absolute Gasteiger partial charge is 0.332 e. The number of benzene rings is 2. The van der Waals surface area contributed by atoms with Crippen LogP contribution in [0, 0.1) is 0 Å². The number of imidazole rings is 2. The highest BCUT2D eigenvalue weighted by molar-refractivity contribution is 5.79. The first-order chi connectivity index (χ1) is 17.1. The second kappa shape index (κ2) is 8.70. The fourth-order valence-electron chi connectivity index (χ4n) is 5.16. The molecule has 1 aliphatic rings. The lowest BCUT2D eigenvalue weighted by molar-refractivity contribution is 0.218. The summed E-state index contributed by atoms with van der Waals surface area (Å²) in [6.07, 6.45) is 5.54. The Morgan fingerprint density at radius 2 is 1.54 bits per heavy atom. The Morgan fingerprint density at radius 1 is 0.857 bits per heavy atom. The highest BCUT2D eigenvalue weighted by Gasteiger charge is 2.22. The number of rotatable bonds is 5. The topological polar surface area (TPSA) is 69.5 Å². The Balaban J connectivity index is 1.57. The highest BCUT2D eigenvalue weighted by Crippen LogP contribution is 2.28. The predicted molar refractivity (Wildman–Crippen MR) is 137 cm³/mol. The molecule has 5 aromatic rings. The van der Waals surface area contributed by atoms with Gasteiger partial charge in [-0.3, -0.25) is 22.9 Å². The molecule has 35 heavy (non-hydrogen) atoms. The number of para-hydroxylation sites is 1. The van der Waals surface area contributed by atoms with Gasteiger partial charge in [0.1, 0.15) is 0 Å². The lowest BCUT2D eigenvalue weighted by Gasteiger charge is -2.26. The zero-order valence-electron chi connectivity index (χ0n) is 19.8. The molecule has 0 radical (unpaired) electrons. The van der Waals surface area contributed by atoms with Crippen LogP contribution in [0.15, 0.2) is 76.4 Å². The van der Waals surface area contributed by atoms with Crippen molar-refractivity contribution in [3.05, 3.63) is 87.7 Å². The van der Waals surface area contributed by atoms with Crippen molar-refractivity contribution in [3.8, 4) is 16.9 Å². The van der Waals surface area contributed by atoms with Gasteiger partial charge in [0.2, 0.25) is 5.78 Å². The van der Waals surface area contributed by atoms with E-state index in [0.717, 1.165) is 30.0 Å². The third kappa shape index (κ3) is 3.61. The van der Waals surface area contributed by atoms with Gasteiger partial charge in [-0.25, -0.2) is 4.79 Å². The van der Waals surface area contributed by atoms with Gasteiger partial charge < -0.3 is 4.90 Å². The molecule has 0 unspecified atom stereocenters. The van der Waals surface area contributed by atoms with Crippen molar-refractivity contribution in [2.75, 3.05) is 19.6 Å². The molecule has 0 saturated carbocycles. The summed E-state index contributed by atoms with van der Waals surface area (Å²) in [5.74, 6) is 0.603. The summed E-state index contributed by atoms with van der Waals surface area (Å²) >= 11 is 0. The number of hydrogen-bond acceptors (Lipinski definition) is 4. The van der Waals surface area contributed by atoms with Gasteiger partial charge in [0, 0.05) is 37.6 Å². The number of fused-ring (bicyclic) bond motifs is 3. The Labute approximate surface area is 202 Å². The van der Waals surface area contributed by atoms with Crippen molar-refractivity contribution in [2.24, 2.45) is 7.05 Å². The van der Waals surface area contributed by atoms with E-state index in [0.29, 0.717) is 30.0 Å². The maximum absolute atomic E-state index is 13.7. The van der Waals surface area contributed by atoms with E-state index in [-0.39, 0.29) is 11.2 Å². The molecule has 8 heteroatoms. The van der Waals surface area contributed by atoms with Crippen molar-refractivity contribution in [2.45, 2.75) is 25.8 Å². The van der Waals surface area contributed by atoms with E-state index in [4.69, 9.17) is 4.98 Å². The van der Waals surface area contributed by atoms with Crippen molar-refractivity contribution in [1.82, 2.24) is 28.0 Å². The van der Waals surface area contributed by atoms with Crippen LogP contribution in [0.5, 0.6) is 0 Å². The summed E-state index contributed by atoms with van der Waals surface area (Å²) in [6.45, 7) is 3.12. The Morgan fingerprint density at radius 3 is 2.26 bits per heavy atom. The van der Waals surface area contributed by atoms with Crippen LogP contribution in [-0.4, -0.2) is 47.6 Å². The quantitative estimate of drug-likeness (QED) is 0.397. The minimum atomic E-state index is -0.324. The molecule has 0 bridgehead atoms. The molecule has 0 amide bonds. The molecule has 8 nitrogen and oxygen atoms in total. The predicted octanol–water partition coefficient (Wildman–Crippen LogP) is 3.29. The number of piperidine rings is 1. The second-order valence-corrected chi connectivity index (χ2v) is 9.21. The molecular weight excluding hydrogens is 440 g/mol. The molecule has 0 aliphatic carbocycles. The van der Waals surface area contributed by atoms with Crippen LogP contribution >= 0.6 is 0 Å². The average Bonchev–Trinajstić information content (AvgIpc) is 3.46. The first-order valence-electron chi connectivity index (χ1n) is 12.2. The Bertz CT molecular complexity index is 1620. The molecule has 0 atom stereocenters. The molecule has 0 N–H and O–H groups in total. The maximum Gasteiger partial charge on any atom is 0.332 e. The first-order valence-corrected chi connectivity index (χ1v) is 12.2. The molecule has 1 saturated heterocycles. The minimum absolute atomic E-state index is 0.294. The number of nitrogens with zero attached hydrogens (tertiary/aromatic N) is 6. The summed E-state index contributed by atoms with van der Waals surface area (Å²) in [7, 11) is 1.69. The fraction of sp³-hybridized carbons (Fsp3) is 0.296. The zero-order chi connectivity index (χ0) is 23.9. The molecule has 1 aliphatic heterocycles. The van der Waals surface area contributed by atoms with E-state index in [1.165, 1.54) is 28.4 Å². The van der Waals surface area contributed by atoms with Crippen molar-refractivity contribution in [3.63, 3.8) is 0 Å². The smallest absolute Gasteiger partial charge is 0.302 e. The van der Waals surface area contributed by atoms with Gasteiger partial charge >= 0.3 is 5.69 Å². The van der Waals surface area contributed by atoms with Crippen molar-refractivity contribution < 1.29 is 0 Å². The lowest BCUT2D eigenvalue weighted by Crippen LogP contribution is -2.43. The number of aryl methyl sites for hydroxylation is 1. The molecule has 4 heterocycles. The van der Waals surface area contributed by atoms with E-state index in [9.17, 15) is 9.59 Å². The highest BCUT2D eigenvalue weighted by atomic mass is 16.2. The maximum atomic E-state index is 13.7. The van der Waals surface area contributed by atoms with Gasteiger partial charge in [-0.2, -0.15) is 4.98 Å². The van der Waals surface area contributed by atoms with E-state index in [1.54, 1.807) is 7.05 Å². The van der Waals surface area contributed by atoms with Crippen LogP contribution in [0.4, 0.5) is 0 Å². The van der Waals surface area contributed by atoms with Gasteiger partial charge in [0.15, 0.2) is 11.2 Å². The Hall–Kier alpha value is -3.91. The molecule has 3 aromatic heterocycles. The van der Waals surface area contributed by atoms with Crippen LogP contribution in [0.3, 0.4) is 0 Å². The van der Waals surface area contributed by atoms with Crippen molar-refractivity contribution >= 4 is 16.9 Å². The summed E-state index contributed by atoms with van der Waals surface area (Å²) in [6, 6.07) is 20.0. The molecule has 1 fully saturated rings. The zero-order valence-corrected chi connectivity index (χ0v) is 19.8. The Kier molecular flexibility index (Phi) is 5.37. The van der Waals surface area contributed by atoms with Crippen LogP contribution in [0.25, 0.3) is 33.9 Å². The van der Waals surface area contributed by atoms with E-state index in [2.05, 4.69) is 4.90 Å². The van der Waals surface area contributed by atoms with Crippen LogP contribution in [-0.2, 0) is 13.6 Å². The lowest BCUT2D eigenvalue weighted by atomic mass is 10.1. The fourth-order valence-corrected chi connectivity index (χ4v) is 5.16. The summed E-state index contributed by atoms with van der Waals surface area (Å²) in [5, 5.41) is 0. The van der Waals surface area contributed by atoms with Gasteiger partial charge in [0.05, 0.1) is 5.69 Å². The molecule has 178 valence electrons. The third-order valence-electron chi connectivity index (χ3n) is 7.02. The molecule has 6 rings (SSSR count). The first kappa shape index (κ1) is 21.6. The van der Waals surface area contributed by atoms with E-state index in [1.807, 2.05) is 75.8 Å². The summed E-state index contributed by atoms with van der Waals surface area (Å²) < 4.78 is 6.74. The van der Waals surface area contributed by atoms with Gasteiger partial charge in [-0.05, 0) is 38.1 Å². The minimum Gasteiger partial charge on any atom is -0.302 e. The van der Waals surface area contributed by atoms with Crippen LogP contribution in [0.2, 0.25) is 0 Å². The second-order valence-electron chi connectivity index (χ2n) is 9.21. The monoisotopic (exact) mass is 468 g/mol. The molecular formula is C27H28N6O2. The number of hydrogen-bond donors (Lipinski definition) is 0. The van der Waals surface area contributed by atoms with Gasteiger partial charge in [-0.15, -0.1) is 0 Å². The van der Waals surface area contributed by atoms with Crippen LogP contribution in [0.1, 0.15) is 19.3 Å². The van der Waals surface area contributed by atoms with Crippen LogP contribution < -0.4 is 11.2 Å². The molecule has 2 aromatic carbocycles. The molecule has 0 spiro atoms. The average molecular weight is 469 g/mol.